The van der Waals surface area contributed by atoms with Crippen molar-refractivity contribution in [3.05, 3.63) is 46.5 Å². The van der Waals surface area contributed by atoms with Gasteiger partial charge < -0.3 is 8.83 Å². The third kappa shape index (κ3) is 5.54. The van der Waals surface area contributed by atoms with Crippen LogP contribution in [-0.2, 0) is 21.7 Å². The Morgan fingerprint density at radius 3 is 1.21 bits per heavy atom. The van der Waals surface area contributed by atoms with Crippen LogP contribution in [0, 0.1) is 0 Å². The zero-order valence-corrected chi connectivity index (χ0v) is 29.0. The topological polar surface area (TPSA) is 77.8 Å². The maximum atomic E-state index is 6.47. The van der Waals surface area contributed by atoms with Crippen molar-refractivity contribution in [3.63, 3.8) is 0 Å². The molecule has 230 valence electrons. The minimum absolute atomic E-state index is 0.0339. The van der Waals surface area contributed by atoms with Gasteiger partial charge in [0.2, 0.25) is 10.0 Å². The van der Waals surface area contributed by atoms with Crippen molar-refractivity contribution in [1.29, 1.82) is 0 Å². The van der Waals surface area contributed by atoms with Gasteiger partial charge >= 0.3 is 0 Å². The molecule has 0 saturated carbocycles. The molecule has 43 heavy (non-hydrogen) atoms. The molecule has 2 aromatic carbocycles. The number of aromatic nitrogens is 4. The van der Waals surface area contributed by atoms with Gasteiger partial charge in [-0.15, -0.1) is 10.2 Å². The predicted octanol–water partition coefficient (Wildman–Crippen LogP) is 10.9. The molecule has 0 aliphatic carbocycles. The molecule has 0 bridgehead atoms. The van der Waals surface area contributed by atoms with Crippen molar-refractivity contribution in [2.45, 2.75) is 130 Å². The van der Waals surface area contributed by atoms with Gasteiger partial charge in [0.25, 0.3) is 11.8 Å². The number of hydrogen-bond donors (Lipinski definition) is 0. The largest absolute Gasteiger partial charge is 0.434 e. The van der Waals surface area contributed by atoms with E-state index < -0.39 is 0 Å². The second-order valence-corrected chi connectivity index (χ2v) is 15.6. The molecule has 5 rings (SSSR count). The molecule has 0 atom stereocenters. The summed E-state index contributed by atoms with van der Waals surface area (Å²) in [5, 5.41) is 10.2. The molecular weight excluding hydrogens is 552 g/mol. The highest BCUT2D eigenvalue weighted by molar-refractivity contribution is 7.17. The first kappa shape index (κ1) is 31.4. The molecule has 0 fully saturated rings. The molecule has 0 aliphatic heterocycles. The van der Waals surface area contributed by atoms with Gasteiger partial charge in [0.15, 0.2) is 11.2 Å². The summed E-state index contributed by atoms with van der Waals surface area (Å²) in [6, 6.07) is 8.99. The van der Waals surface area contributed by atoms with Crippen LogP contribution in [0.4, 0.5) is 0 Å². The molecule has 3 heterocycles. The summed E-state index contributed by atoms with van der Waals surface area (Å²) in [5.74, 6) is 0.962. The van der Waals surface area contributed by atoms with E-state index >= 15 is 0 Å². The van der Waals surface area contributed by atoms with E-state index in [1.54, 1.807) is 0 Å². The normalized spacial score (nSPS) is 13.5. The number of fused-ring (bicyclic) bond motifs is 2. The van der Waals surface area contributed by atoms with Gasteiger partial charge in [-0.3, -0.25) is 0 Å². The fraction of sp³-hybridized carbons (Fsp3) is 0.556. The van der Waals surface area contributed by atoms with Crippen LogP contribution in [0.5, 0.6) is 0 Å². The highest BCUT2D eigenvalue weighted by atomic mass is 32.1. The standard InChI is InChI=1S/C36H48N4O2S/c1-13-33(5,6)21-17-23(35(9,10)15-3)27-25(19-21)37-29(41-27)31-39-40-32(43-31)30-38-26-20-22(34(7,8)14-2)18-24(28(26)42-30)36(11,12)16-4/h17-20H,13-16H2,1-12H3. The van der Waals surface area contributed by atoms with Crippen molar-refractivity contribution < 1.29 is 8.83 Å². The van der Waals surface area contributed by atoms with Gasteiger partial charge in [0, 0.05) is 11.1 Å². The Morgan fingerprint density at radius 1 is 0.535 bits per heavy atom. The van der Waals surface area contributed by atoms with Crippen LogP contribution in [-0.4, -0.2) is 20.2 Å². The van der Waals surface area contributed by atoms with E-state index in [0.29, 0.717) is 21.8 Å². The molecule has 0 N–H and O–H groups in total. The maximum Gasteiger partial charge on any atom is 0.258 e. The highest BCUT2D eigenvalue weighted by Gasteiger charge is 2.31. The predicted molar refractivity (Wildman–Crippen MR) is 179 cm³/mol. The summed E-state index contributed by atoms with van der Waals surface area (Å²) >= 11 is 1.40. The van der Waals surface area contributed by atoms with Crippen LogP contribution in [0.1, 0.15) is 131 Å². The van der Waals surface area contributed by atoms with E-state index in [9.17, 15) is 0 Å². The van der Waals surface area contributed by atoms with E-state index in [0.717, 1.165) is 47.9 Å². The number of nitrogens with zero attached hydrogens (tertiary/aromatic N) is 4. The van der Waals surface area contributed by atoms with Crippen LogP contribution in [0.3, 0.4) is 0 Å². The number of oxazole rings is 2. The lowest BCUT2D eigenvalue weighted by Crippen LogP contribution is -2.20. The summed E-state index contributed by atoms with van der Waals surface area (Å²) in [6.07, 6.45) is 4.05. The molecule has 0 aliphatic rings. The first-order chi connectivity index (χ1) is 20.1. The highest BCUT2D eigenvalue weighted by Crippen LogP contribution is 2.42. The van der Waals surface area contributed by atoms with Gasteiger partial charge in [0.1, 0.15) is 11.0 Å². The summed E-state index contributed by atoms with van der Waals surface area (Å²) in [6.45, 7) is 27.1. The summed E-state index contributed by atoms with van der Waals surface area (Å²) in [7, 11) is 0. The Kier molecular flexibility index (Phi) is 7.90. The van der Waals surface area contributed by atoms with E-state index in [-0.39, 0.29) is 21.7 Å². The van der Waals surface area contributed by atoms with Crippen LogP contribution < -0.4 is 0 Å². The van der Waals surface area contributed by atoms with Gasteiger partial charge in [0.05, 0.1) is 0 Å². The van der Waals surface area contributed by atoms with Crippen LogP contribution in [0.15, 0.2) is 33.1 Å². The first-order valence-corrected chi connectivity index (χ1v) is 16.6. The molecule has 0 amide bonds. The minimum Gasteiger partial charge on any atom is -0.434 e. The second-order valence-electron chi connectivity index (χ2n) is 14.6. The summed E-state index contributed by atoms with van der Waals surface area (Å²) in [4.78, 5) is 9.89. The van der Waals surface area contributed by atoms with Crippen molar-refractivity contribution in [3.8, 4) is 21.8 Å². The fourth-order valence-corrected chi connectivity index (χ4v) is 5.92. The van der Waals surface area contributed by atoms with Gasteiger partial charge in [-0.1, -0.05) is 107 Å². The van der Waals surface area contributed by atoms with E-state index in [1.807, 2.05) is 0 Å². The first-order valence-electron chi connectivity index (χ1n) is 15.8. The molecular formula is C36H48N4O2S. The van der Waals surface area contributed by atoms with Gasteiger partial charge in [-0.2, -0.15) is 0 Å². The quantitative estimate of drug-likeness (QED) is 0.159. The number of benzene rings is 2. The van der Waals surface area contributed by atoms with Gasteiger partial charge in [-0.25, -0.2) is 9.97 Å². The molecule has 5 aromatic rings. The lowest BCUT2D eigenvalue weighted by Gasteiger charge is -2.28. The fourth-order valence-electron chi connectivity index (χ4n) is 5.22. The van der Waals surface area contributed by atoms with Crippen molar-refractivity contribution in [1.82, 2.24) is 20.2 Å². The van der Waals surface area contributed by atoms with E-state index in [1.165, 1.54) is 33.6 Å². The Bertz CT molecular complexity index is 1660. The Balaban J connectivity index is 1.62. The minimum atomic E-state index is -0.0610. The number of rotatable bonds is 10. The Morgan fingerprint density at radius 2 is 0.884 bits per heavy atom. The lowest BCUT2D eigenvalue weighted by molar-refractivity contribution is 0.484. The summed E-state index contributed by atoms with van der Waals surface area (Å²) in [5.41, 5.74) is 8.25. The molecule has 0 radical (unpaired) electrons. The third-order valence-electron chi connectivity index (χ3n) is 10.3. The van der Waals surface area contributed by atoms with Crippen molar-refractivity contribution in [2.24, 2.45) is 0 Å². The molecule has 0 spiro atoms. The zero-order chi connectivity index (χ0) is 31.5. The lowest BCUT2D eigenvalue weighted by atomic mass is 9.76. The van der Waals surface area contributed by atoms with Crippen LogP contribution in [0.2, 0.25) is 0 Å². The third-order valence-corrected chi connectivity index (χ3v) is 11.2. The zero-order valence-electron chi connectivity index (χ0n) is 28.2. The smallest absolute Gasteiger partial charge is 0.258 e. The summed E-state index contributed by atoms with van der Waals surface area (Å²) < 4.78 is 12.9. The SMILES string of the molecule is CCC(C)(C)c1cc(C(C)(C)CC)c2oc(-c3nnc(-c4nc5cc(C(C)(C)CC)cc(C(C)(C)CC)c5o4)s3)nc2c1. The Labute approximate surface area is 260 Å². The van der Waals surface area contributed by atoms with Gasteiger partial charge in [-0.05, 0) is 70.6 Å². The second kappa shape index (κ2) is 10.8. The monoisotopic (exact) mass is 600 g/mol. The molecule has 7 heteroatoms. The van der Waals surface area contributed by atoms with Crippen LogP contribution in [0.25, 0.3) is 44.0 Å². The maximum absolute atomic E-state index is 6.47. The average molecular weight is 601 g/mol. The van der Waals surface area contributed by atoms with Crippen LogP contribution >= 0.6 is 11.3 Å². The molecule has 6 nitrogen and oxygen atoms in total. The average Bonchev–Trinajstić information content (AvgIpc) is 3.73. The van der Waals surface area contributed by atoms with E-state index in [2.05, 4.69) is 118 Å². The number of hydrogen-bond acceptors (Lipinski definition) is 7. The van der Waals surface area contributed by atoms with Crippen molar-refractivity contribution >= 4 is 33.5 Å². The molecule has 0 saturated heterocycles. The Hall–Kier alpha value is -3.06. The molecule has 0 unspecified atom stereocenters. The van der Waals surface area contributed by atoms with Crippen molar-refractivity contribution in [2.75, 3.05) is 0 Å². The van der Waals surface area contributed by atoms with E-state index in [4.69, 9.17) is 18.8 Å². The molecule has 3 aromatic heterocycles.